The van der Waals surface area contributed by atoms with Crippen LogP contribution in [0.15, 0.2) is 10.2 Å². The highest BCUT2D eigenvalue weighted by atomic mass is 32.2. The van der Waals surface area contributed by atoms with Gasteiger partial charge in [-0.1, -0.05) is 0 Å². The molecule has 0 aromatic carbocycles. The van der Waals surface area contributed by atoms with Crippen LogP contribution < -0.4 is 5.73 Å². The van der Waals surface area contributed by atoms with Crippen molar-refractivity contribution in [2.24, 2.45) is 0 Å². The Morgan fingerprint density at radius 3 is 2.94 bits per heavy atom. The lowest BCUT2D eigenvalue weighted by Crippen LogP contribution is -1.99. The van der Waals surface area contributed by atoms with Gasteiger partial charge >= 0.3 is 0 Å². The lowest BCUT2D eigenvalue weighted by molar-refractivity contribution is 0.565. The van der Waals surface area contributed by atoms with Crippen LogP contribution in [0.25, 0.3) is 0 Å². The average Bonchev–Trinajstić information content (AvgIpc) is 2.90. The number of nitrogens with two attached hydrogens (primary N) is 1. The monoisotopic (exact) mass is 237 g/mol. The normalized spacial score (nSPS) is 15.6. The molecule has 0 atom stereocenters. The van der Waals surface area contributed by atoms with Gasteiger partial charge in [0.25, 0.3) is 0 Å². The largest absolute Gasteiger partial charge is 0.383 e. The number of hydrogen-bond donors (Lipinski definition) is 2. The number of hydrogen-bond acceptors (Lipinski definition) is 6. The summed E-state index contributed by atoms with van der Waals surface area (Å²) in [6.07, 6.45) is 2.29. The van der Waals surface area contributed by atoms with Crippen LogP contribution in [0.2, 0.25) is 0 Å². The number of aryl methyl sites for hydroxylation is 1. The summed E-state index contributed by atoms with van der Waals surface area (Å²) in [6, 6.07) is 0.457. The number of nitrogens with zero attached hydrogens (tertiary/aromatic N) is 5. The smallest absolute Gasteiger partial charge is 0.216 e. The topological polar surface area (TPSA) is 98.3 Å². The summed E-state index contributed by atoms with van der Waals surface area (Å²) < 4.78 is 1.84. The zero-order valence-corrected chi connectivity index (χ0v) is 9.53. The zero-order valence-electron chi connectivity index (χ0n) is 8.71. The van der Waals surface area contributed by atoms with Gasteiger partial charge in [-0.3, -0.25) is 0 Å². The Bertz CT molecular complexity index is 512. The van der Waals surface area contributed by atoms with Gasteiger partial charge < -0.3 is 10.7 Å². The molecule has 0 radical (unpaired) electrons. The molecule has 0 unspecified atom stereocenters. The summed E-state index contributed by atoms with van der Waals surface area (Å²) in [7, 11) is 0. The molecule has 1 aliphatic carbocycles. The summed E-state index contributed by atoms with van der Waals surface area (Å²) in [4.78, 5) is 7.23. The summed E-state index contributed by atoms with van der Waals surface area (Å²) in [6.45, 7) is 1.87. The van der Waals surface area contributed by atoms with E-state index < -0.39 is 0 Å². The molecular formula is C8H11N7S. The number of imidazole rings is 1. The van der Waals surface area contributed by atoms with Gasteiger partial charge in [0.15, 0.2) is 0 Å². The summed E-state index contributed by atoms with van der Waals surface area (Å²) >= 11 is 1.40. The summed E-state index contributed by atoms with van der Waals surface area (Å²) in [5.41, 5.74) is 5.78. The van der Waals surface area contributed by atoms with Crippen molar-refractivity contribution in [3.63, 3.8) is 0 Å². The Labute approximate surface area is 95.8 Å². The Balaban J connectivity index is 1.88. The Kier molecular flexibility index (Phi) is 2.10. The maximum Gasteiger partial charge on any atom is 0.216 e. The van der Waals surface area contributed by atoms with Gasteiger partial charge in [-0.2, -0.15) is 0 Å². The highest BCUT2D eigenvalue weighted by Crippen LogP contribution is 2.38. The zero-order chi connectivity index (χ0) is 11.1. The lowest BCUT2D eigenvalue weighted by atomic mass is 10.7. The number of aromatic nitrogens is 6. The van der Waals surface area contributed by atoms with E-state index in [0.29, 0.717) is 11.9 Å². The first-order valence-electron chi connectivity index (χ1n) is 5.02. The van der Waals surface area contributed by atoms with E-state index in [9.17, 15) is 0 Å². The SMILES string of the molecule is Cc1nc(Sc2nnnn2C2CC2)c(N)[nH]1. The Morgan fingerprint density at radius 1 is 1.50 bits per heavy atom. The minimum Gasteiger partial charge on any atom is -0.383 e. The van der Waals surface area contributed by atoms with Gasteiger partial charge in [-0.25, -0.2) is 9.67 Å². The van der Waals surface area contributed by atoms with Crippen LogP contribution in [-0.2, 0) is 0 Å². The van der Waals surface area contributed by atoms with E-state index in [2.05, 4.69) is 25.5 Å². The summed E-state index contributed by atoms with van der Waals surface area (Å²) in [5, 5.41) is 13.1. The van der Waals surface area contributed by atoms with Crippen molar-refractivity contribution in [2.75, 3.05) is 5.73 Å². The minimum absolute atomic E-state index is 0.457. The van der Waals surface area contributed by atoms with Gasteiger partial charge in [0.05, 0.1) is 6.04 Å². The third-order valence-corrected chi connectivity index (χ3v) is 3.31. The molecule has 2 heterocycles. The molecule has 7 nitrogen and oxygen atoms in total. The van der Waals surface area contributed by atoms with E-state index in [-0.39, 0.29) is 0 Å². The van der Waals surface area contributed by atoms with Gasteiger partial charge in [0.1, 0.15) is 16.7 Å². The van der Waals surface area contributed by atoms with E-state index >= 15 is 0 Å². The predicted octanol–water partition coefficient (Wildman–Crippen LogP) is 0.773. The number of rotatable bonds is 3. The van der Waals surface area contributed by atoms with Crippen LogP contribution in [0.4, 0.5) is 5.82 Å². The van der Waals surface area contributed by atoms with E-state index in [1.54, 1.807) is 0 Å². The van der Waals surface area contributed by atoms with Crippen molar-refractivity contribution >= 4 is 17.6 Å². The minimum atomic E-state index is 0.457. The van der Waals surface area contributed by atoms with Crippen LogP contribution in [-0.4, -0.2) is 30.2 Å². The number of nitrogen functional groups attached to an aromatic ring is 1. The first kappa shape index (κ1) is 9.64. The number of aromatic amines is 1. The van der Waals surface area contributed by atoms with Crippen LogP contribution in [0.3, 0.4) is 0 Å². The molecule has 8 heteroatoms. The first-order chi connectivity index (χ1) is 7.74. The fraction of sp³-hybridized carbons (Fsp3) is 0.500. The van der Waals surface area contributed by atoms with E-state index in [1.807, 2.05) is 11.6 Å². The molecule has 2 aromatic heterocycles. The van der Waals surface area contributed by atoms with E-state index in [4.69, 9.17) is 5.73 Å². The van der Waals surface area contributed by atoms with Crippen LogP contribution in [0.1, 0.15) is 24.7 Å². The Hall–Kier alpha value is -1.57. The molecule has 2 aromatic rings. The number of H-pyrrole nitrogens is 1. The highest BCUT2D eigenvalue weighted by Gasteiger charge is 2.28. The third kappa shape index (κ3) is 1.64. The van der Waals surface area contributed by atoms with Crippen molar-refractivity contribution in [3.05, 3.63) is 5.82 Å². The molecule has 1 aliphatic rings. The standard InChI is InChI=1S/C8H11N7S/c1-4-10-6(9)7(11-4)16-8-12-13-14-15(8)5-2-3-5/h5H,2-3,9H2,1H3,(H,10,11). The second-order valence-electron chi connectivity index (χ2n) is 3.78. The Morgan fingerprint density at radius 2 is 2.31 bits per heavy atom. The molecule has 0 amide bonds. The molecular weight excluding hydrogens is 226 g/mol. The van der Waals surface area contributed by atoms with E-state index in [0.717, 1.165) is 28.8 Å². The van der Waals surface area contributed by atoms with Gasteiger partial charge in [0.2, 0.25) is 5.16 Å². The van der Waals surface area contributed by atoms with Crippen LogP contribution in [0, 0.1) is 6.92 Å². The van der Waals surface area contributed by atoms with Gasteiger partial charge in [0, 0.05) is 0 Å². The predicted molar refractivity (Wildman–Crippen MR) is 57.9 cm³/mol. The molecule has 16 heavy (non-hydrogen) atoms. The highest BCUT2D eigenvalue weighted by molar-refractivity contribution is 7.99. The quantitative estimate of drug-likeness (QED) is 0.818. The maximum atomic E-state index is 5.78. The lowest BCUT2D eigenvalue weighted by Gasteiger charge is -1.99. The van der Waals surface area contributed by atoms with Crippen molar-refractivity contribution in [1.82, 2.24) is 30.2 Å². The molecule has 3 N–H and O–H groups in total. The molecule has 0 saturated heterocycles. The number of anilines is 1. The molecule has 0 bridgehead atoms. The van der Waals surface area contributed by atoms with Crippen molar-refractivity contribution in [2.45, 2.75) is 36.0 Å². The van der Waals surface area contributed by atoms with E-state index in [1.165, 1.54) is 11.8 Å². The van der Waals surface area contributed by atoms with Crippen LogP contribution in [0.5, 0.6) is 0 Å². The fourth-order valence-corrected chi connectivity index (χ4v) is 2.33. The molecule has 1 fully saturated rings. The second kappa shape index (κ2) is 3.48. The third-order valence-electron chi connectivity index (χ3n) is 2.36. The number of nitrogens with one attached hydrogen (secondary N) is 1. The van der Waals surface area contributed by atoms with Crippen LogP contribution >= 0.6 is 11.8 Å². The number of tetrazole rings is 1. The first-order valence-corrected chi connectivity index (χ1v) is 5.83. The van der Waals surface area contributed by atoms with Crippen molar-refractivity contribution < 1.29 is 0 Å². The summed E-state index contributed by atoms with van der Waals surface area (Å²) in [5.74, 6) is 1.36. The van der Waals surface area contributed by atoms with Gasteiger partial charge in [-0.15, -0.1) is 5.10 Å². The molecule has 0 aliphatic heterocycles. The van der Waals surface area contributed by atoms with Gasteiger partial charge in [-0.05, 0) is 42.0 Å². The molecule has 1 saturated carbocycles. The molecule has 3 rings (SSSR count). The molecule has 84 valence electrons. The average molecular weight is 237 g/mol. The van der Waals surface area contributed by atoms with Crippen molar-refractivity contribution in [1.29, 1.82) is 0 Å². The van der Waals surface area contributed by atoms with Crippen molar-refractivity contribution in [3.8, 4) is 0 Å². The fourth-order valence-electron chi connectivity index (χ4n) is 1.45. The molecule has 0 spiro atoms. The second-order valence-corrected chi connectivity index (χ2v) is 4.74. The maximum absolute atomic E-state index is 5.78.